The second kappa shape index (κ2) is 10.4. The highest BCUT2D eigenvalue weighted by Gasteiger charge is 2.23. The van der Waals surface area contributed by atoms with E-state index in [-0.39, 0.29) is 17.9 Å². The number of methoxy groups -OCH3 is 1. The van der Waals surface area contributed by atoms with E-state index in [1.807, 2.05) is 48.7 Å². The molecule has 0 fully saturated rings. The monoisotopic (exact) mass is 450 g/mol. The van der Waals surface area contributed by atoms with Gasteiger partial charge in [-0.05, 0) is 45.0 Å². The van der Waals surface area contributed by atoms with Gasteiger partial charge < -0.3 is 19.5 Å². The Hall–Kier alpha value is -4.14. The number of nitrogens with one attached hydrogen (secondary N) is 1. The molecule has 0 saturated heterocycles. The summed E-state index contributed by atoms with van der Waals surface area (Å²) in [5.74, 6) is 0.0666. The summed E-state index contributed by atoms with van der Waals surface area (Å²) in [4.78, 5) is 23.1. The first-order valence-corrected chi connectivity index (χ1v) is 10.4. The maximum Gasteiger partial charge on any atom is 0.345 e. The van der Waals surface area contributed by atoms with Crippen LogP contribution in [0.4, 0.5) is 5.69 Å². The molecule has 0 aliphatic heterocycles. The van der Waals surface area contributed by atoms with E-state index in [1.165, 1.54) is 12.1 Å². The molecule has 9 nitrogen and oxygen atoms in total. The summed E-state index contributed by atoms with van der Waals surface area (Å²) in [5.41, 5.74) is 6.79. The van der Waals surface area contributed by atoms with Gasteiger partial charge in [-0.2, -0.15) is 5.10 Å². The van der Waals surface area contributed by atoms with Gasteiger partial charge in [-0.25, -0.2) is 4.79 Å². The smallest absolute Gasteiger partial charge is 0.345 e. The van der Waals surface area contributed by atoms with E-state index in [1.54, 1.807) is 26.3 Å². The second-order valence-electron chi connectivity index (χ2n) is 7.25. The Balaban J connectivity index is 1.84. The van der Waals surface area contributed by atoms with Crippen molar-refractivity contribution in [2.75, 3.05) is 13.7 Å². The van der Waals surface area contributed by atoms with Crippen molar-refractivity contribution in [2.45, 2.75) is 27.3 Å². The van der Waals surface area contributed by atoms with Gasteiger partial charge in [0.05, 0.1) is 37.1 Å². The van der Waals surface area contributed by atoms with Crippen molar-refractivity contribution in [3.05, 3.63) is 86.7 Å². The van der Waals surface area contributed by atoms with Crippen LogP contribution >= 0.6 is 0 Å². The fraction of sp³-hybridized carbons (Fsp3) is 0.250. The van der Waals surface area contributed by atoms with Gasteiger partial charge in [0, 0.05) is 28.6 Å². The summed E-state index contributed by atoms with van der Waals surface area (Å²) >= 11 is 0. The summed E-state index contributed by atoms with van der Waals surface area (Å²) in [6.45, 7) is 6.10. The van der Waals surface area contributed by atoms with E-state index < -0.39 is 10.9 Å². The van der Waals surface area contributed by atoms with Crippen molar-refractivity contribution in [3.63, 3.8) is 0 Å². The molecular weight excluding hydrogens is 424 g/mol. The summed E-state index contributed by atoms with van der Waals surface area (Å²) in [7, 11) is 1.63. The van der Waals surface area contributed by atoms with Crippen LogP contribution in [0, 0.1) is 24.0 Å². The molecule has 172 valence electrons. The average molecular weight is 450 g/mol. The molecule has 0 unspecified atom stereocenters. The number of ether oxygens (including phenoxy) is 2. The number of nitro benzene ring substituents is 1. The molecule has 0 aliphatic carbocycles. The standard InChI is InChI=1S/C24H26N4O5/c1-5-33-24(29)21-11-10-20(13-22(21)28(30)31)27-16(2)12-19(17(27)3)15-26-25-14-18-8-6-7-9-23(18)32-4/h6-13,15,25H,5,14H2,1-4H3/b26-15+. The molecule has 2 aromatic carbocycles. The Bertz CT molecular complexity index is 1200. The fourth-order valence-electron chi connectivity index (χ4n) is 3.60. The van der Waals surface area contributed by atoms with E-state index in [2.05, 4.69) is 10.5 Å². The molecule has 0 spiro atoms. The maximum absolute atomic E-state index is 12.1. The minimum Gasteiger partial charge on any atom is -0.496 e. The molecule has 3 aromatic rings. The Morgan fingerprint density at radius 3 is 2.67 bits per heavy atom. The first-order valence-electron chi connectivity index (χ1n) is 10.4. The number of rotatable bonds is 9. The van der Waals surface area contributed by atoms with Crippen LogP contribution in [0.25, 0.3) is 5.69 Å². The lowest BCUT2D eigenvalue weighted by Gasteiger charge is -2.11. The molecule has 1 N–H and O–H groups in total. The van der Waals surface area contributed by atoms with Crippen molar-refractivity contribution in [3.8, 4) is 11.4 Å². The van der Waals surface area contributed by atoms with Gasteiger partial charge in [-0.15, -0.1) is 0 Å². The number of carbonyl (C=O) groups excluding carboxylic acids is 1. The number of hydrazone groups is 1. The number of aryl methyl sites for hydroxylation is 1. The third kappa shape index (κ3) is 5.20. The zero-order valence-corrected chi connectivity index (χ0v) is 19.0. The number of para-hydroxylation sites is 1. The number of esters is 1. The van der Waals surface area contributed by atoms with Crippen LogP contribution in [-0.4, -0.2) is 35.4 Å². The van der Waals surface area contributed by atoms with E-state index in [4.69, 9.17) is 9.47 Å². The molecule has 0 radical (unpaired) electrons. The normalized spacial score (nSPS) is 10.9. The number of benzene rings is 2. The lowest BCUT2D eigenvalue weighted by molar-refractivity contribution is -0.385. The Kier molecular flexibility index (Phi) is 7.45. The zero-order valence-electron chi connectivity index (χ0n) is 19.0. The molecule has 0 bridgehead atoms. The topological polar surface area (TPSA) is 108 Å². The SMILES string of the molecule is CCOC(=O)c1ccc(-n2c(C)cc(/C=N/NCc3ccccc3OC)c2C)cc1[N+](=O)[O-]. The van der Waals surface area contributed by atoms with E-state index in [0.29, 0.717) is 12.2 Å². The number of carbonyl (C=O) groups is 1. The van der Waals surface area contributed by atoms with Crippen LogP contribution in [0.1, 0.15) is 39.8 Å². The summed E-state index contributed by atoms with van der Waals surface area (Å²) in [6, 6.07) is 14.1. The van der Waals surface area contributed by atoms with Crippen LogP contribution in [0.2, 0.25) is 0 Å². The minimum atomic E-state index is -0.717. The molecule has 1 aromatic heterocycles. The van der Waals surface area contributed by atoms with Crippen molar-refractivity contribution < 1.29 is 19.2 Å². The van der Waals surface area contributed by atoms with E-state index in [0.717, 1.165) is 28.3 Å². The molecular formula is C24H26N4O5. The van der Waals surface area contributed by atoms with Crippen molar-refractivity contribution >= 4 is 17.9 Å². The molecule has 33 heavy (non-hydrogen) atoms. The third-order valence-electron chi connectivity index (χ3n) is 5.16. The van der Waals surface area contributed by atoms with Crippen LogP contribution in [0.15, 0.2) is 53.6 Å². The summed E-state index contributed by atoms with van der Waals surface area (Å²) in [6.07, 6.45) is 1.70. The number of aromatic nitrogens is 1. The quantitative estimate of drug-likeness (QED) is 0.225. The second-order valence-corrected chi connectivity index (χ2v) is 7.25. The van der Waals surface area contributed by atoms with Gasteiger partial charge in [-0.3, -0.25) is 10.1 Å². The Morgan fingerprint density at radius 1 is 1.21 bits per heavy atom. The minimum absolute atomic E-state index is 0.0737. The highest BCUT2D eigenvalue weighted by molar-refractivity contribution is 5.94. The van der Waals surface area contributed by atoms with Gasteiger partial charge in [0.25, 0.3) is 5.69 Å². The van der Waals surface area contributed by atoms with Gasteiger partial charge >= 0.3 is 5.97 Å². The van der Waals surface area contributed by atoms with Crippen LogP contribution in [0.3, 0.4) is 0 Å². The average Bonchev–Trinajstić information content (AvgIpc) is 3.09. The largest absolute Gasteiger partial charge is 0.496 e. The number of nitro groups is 1. The first-order chi connectivity index (χ1) is 15.9. The Morgan fingerprint density at radius 2 is 1.97 bits per heavy atom. The van der Waals surface area contributed by atoms with Crippen molar-refractivity contribution in [1.29, 1.82) is 0 Å². The lowest BCUT2D eigenvalue weighted by atomic mass is 10.1. The van der Waals surface area contributed by atoms with Gasteiger partial charge in [0.2, 0.25) is 0 Å². The molecule has 3 rings (SSSR count). The molecule has 1 heterocycles. The molecule has 0 saturated carbocycles. The highest BCUT2D eigenvalue weighted by atomic mass is 16.6. The van der Waals surface area contributed by atoms with Crippen LogP contribution in [-0.2, 0) is 11.3 Å². The van der Waals surface area contributed by atoms with Crippen molar-refractivity contribution in [1.82, 2.24) is 9.99 Å². The van der Waals surface area contributed by atoms with Gasteiger partial charge in [0.1, 0.15) is 11.3 Å². The van der Waals surface area contributed by atoms with Gasteiger partial charge in [0.15, 0.2) is 0 Å². The van der Waals surface area contributed by atoms with Gasteiger partial charge in [-0.1, -0.05) is 18.2 Å². The molecule has 0 amide bonds. The molecule has 9 heteroatoms. The van der Waals surface area contributed by atoms with Crippen molar-refractivity contribution in [2.24, 2.45) is 5.10 Å². The number of hydrogen-bond acceptors (Lipinski definition) is 7. The third-order valence-corrected chi connectivity index (χ3v) is 5.16. The predicted octanol–water partition coefficient (Wildman–Crippen LogP) is 4.31. The number of hydrogen-bond donors (Lipinski definition) is 1. The zero-order chi connectivity index (χ0) is 24.0. The molecule has 0 atom stereocenters. The maximum atomic E-state index is 12.1. The summed E-state index contributed by atoms with van der Waals surface area (Å²) in [5, 5.41) is 15.9. The predicted molar refractivity (Wildman–Crippen MR) is 125 cm³/mol. The fourth-order valence-corrected chi connectivity index (χ4v) is 3.60. The number of nitrogens with zero attached hydrogens (tertiary/aromatic N) is 3. The van der Waals surface area contributed by atoms with E-state index in [9.17, 15) is 14.9 Å². The lowest BCUT2D eigenvalue weighted by Crippen LogP contribution is -2.09. The highest BCUT2D eigenvalue weighted by Crippen LogP contribution is 2.27. The Labute approximate surface area is 191 Å². The van der Waals surface area contributed by atoms with E-state index >= 15 is 0 Å². The summed E-state index contributed by atoms with van der Waals surface area (Å²) < 4.78 is 12.2. The molecule has 0 aliphatic rings. The van der Waals surface area contributed by atoms with Crippen LogP contribution < -0.4 is 10.2 Å². The van der Waals surface area contributed by atoms with Crippen LogP contribution in [0.5, 0.6) is 5.75 Å². The first kappa shape index (κ1) is 23.5.